The lowest BCUT2D eigenvalue weighted by atomic mass is 10.1. The molecule has 6 heteroatoms. The van der Waals surface area contributed by atoms with E-state index in [-0.39, 0.29) is 13.2 Å². The topological polar surface area (TPSA) is 73.9 Å². The molecule has 0 bridgehead atoms. The Morgan fingerprint density at radius 2 is 1.56 bits per heavy atom. The molecular weight excluding hydrogens is 346 g/mol. The quantitative estimate of drug-likeness (QED) is 0.681. The minimum absolute atomic E-state index is 0.302. The highest BCUT2D eigenvalue weighted by atomic mass is 16.6. The van der Waals surface area contributed by atoms with E-state index in [1.165, 1.54) is 0 Å². The maximum Gasteiger partial charge on any atom is 0.344 e. The lowest BCUT2D eigenvalue weighted by molar-refractivity contribution is -0.149. The summed E-state index contributed by atoms with van der Waals surface area (Å²) in [6.07, 6.45) is 0.867. The van der Waals surface area contributed by atoms with E-state index in [2.05, 4.69) is 5.32 Å². The van der Waals surface area contributed by atoms with Gasteiger partial charge in [-0.25, -0.2) is 4.79 Å². The summed E-state index contributed by atoms with van der Waals surface area (Å²) in [5.74, 6) is -0.00167. The molecule has 2 aromatic rings. The lowest BCUT2D eigenvalue weighted by Crippen LogP contribution is -2.23. The number of aryl methyl sites for hydroxylation is 2. The fourth-order valence-corrected chi connectivity index (χ4v) is 2.47. The molecule has 0 aliphatic rings. The molecular formula is C21H25NO5. The molecule has 0 fully saturated rings. The molecule has 0 atom stereocenters. The van der Waals surface area contributed by atoms with Gasteiger partial charge in [0.15, 0.2) is 24.7 Å². The number of carbonyl (C=O) groups excluding carboxylic acids is 2. The molecule has 0 unspecified atom stereocenters. The highest BCUT2D eigenvalue weighted by Gasteiger charge is 2.11. The van der Waals surface area contributed by atoms with Crippen molar-refractivity contribution < 1.29 is 23.8 Å². The molecule has 27 heavy (non-hydrogen) atoms. The second-order valence-electron chi connectivity index (χ2n) is 6.17. The zero-order chi connectivity index (χ0) is 19.6. The molecule has 0 aromatic heterocycles. The molecule has 6 nitrogen and oxygen atoms in total. The van der Waals surface area contributed by atoms with Crippen LogP contribution in [0.5, 0.6) is 11.5 Å². The number of ether oxygens (including phenoxy) is 3. The second kappa shape index (κ2) is 10.2. The van der Waals surface area contributed by atoms with Crippen LogP contribution in [0.3, 0.4) is 0 Å². The third-order valence-electron chi connectivity index (χ3n) is 3.53. The molecule has 1 N–H and O–H groups in total. The Morgan fingerprint density at radius 3 is 2.19 bits per heavy atom. The van der Waals surface area contributed by atoms with E-state index in [9.17, 15) is 9.59 Å². The molecule has 0 radical (unpaired) electrons. The first-order chi connectivity index (χ1) is 13.0. The first-order valence-corrected chi connectivity index (χ1v) is 8.86. The van der Waals surface area contributed by atoms with Crippen LogP contribution in [0.2, 0.25) is 0 Å². The van der Waals surface area contributed by atoms with Crippen molar-refractivity contribution in [1.82, 2.24) is 0 Å². The molecule has 0 saturated carbocycles. The summed E-state index contributed by atoms with van der Waals surface area (Å²) in [4.78, 5) is 23.8. The van der Waals surface area contributed by atoms with Gasteiger partial charge in [0.1, 0.15) is 0 Å². The van der Waals surface area contributed by atoms with E-state index in [1.54, 1.807) is 18.2 Å². The number of anilines is 1. The van der Waals surface area contributed by atoms with Crippen molar-refractivity contribution in [2.75, 3.05) is 25.1 Å². The van der Waals surface area contributed by atoms with Crippen LogP contribution in [0, 0.1) is 13.8 Å². The van der Waals surface area contributed by atoms with Gasteiger partial charge in [-0.1, -0.05) is 25.1 Å². The van der Waals surface area contributed by atoms with Crippen molar-refractivity contribution in [3.8, 4) is 11.5 Å². The number of rotatable bonds is 9. The predicted molar refractivity (Wildman–Crippen MR) is 103 cm³/mol. The van der Waals surface area contributed by atoms with Crippen LogP contribution >= 0.6 is 0 Å². The fraction of sp³-hybridized carbons (Fsp3) is 0.333. The Balaban J connectivity index is 1.78. The third kappa shape index (κ3) is 7.01. The van der Waals surface area contributed by atoms with Gasteiger partial charge in [-0.3, -0.25) is 4.79 Å². The van der Waals surface area contributed by atoms with Crippen molar-refractivity contribution in [2.24, 2.45) is 0 Å². The lowest BCUT2D eigenvalue weighted by Gasteiger charge is -2.12. The van der Waals surface area contributed by atoms with Crippen LogP contribution in [0.1, 0.15) is 24.5 Å². The molecule has 0 heterocycles. The average molecular weight is 371 g/mol. The third-order valence-corrected chi connectivity index (χ3v) is 3.53. The Morgan fingerprint density at radius 1 is 0.926 bits per heavy atom. The number of para-hydroxylation sites is 2. The standard InChI is InChI=1S/C21H25NO5/c1-4-9-25-18-7-5-6-8-19(18)26-14-21(24)27-13-20(23)22-17-11-15(2)10-16(3)12-17/h5-8,10-12H,4,9,13-14H2,1-3H3,(H,22,23). The summed E-state index contributed by atoms with van der Waals surface area (Å²) in [5, 5.41) is 2.71. The van der Waals surface area contributed by atoms with Crippen LogP contribution in [0.25, 0.3) is 0 Å². The van der Waals surface area contributed by atoms with Gasteiger partial charge >= 0.3 is 5.97 Å². The summed E-state index contributed by atoms with van der Waals surface area (Å²) >= 11 is 0. The smallest absolute Gasteiger partial charge is 0.344 e. The van der Waals surface area contributed by atoms with Crippen LogP contribution in [0.4, 0.5) is 5.69 Å². The molecule has 144 valence electrons. The van der Waals surface area contributed by atoms with Crippen molar-refractivity contribution >= 4 is 17.6 Å². The van der Waals surface area contributed by atoms with Gasteiger partial charge in [-0.05, 0) is 55.7 Å². The highest BCUT2D eigenvalue weighted by Crippen LogP contribution is 2.26. The second-order valence-corrected chi connectivity index (χ2v) is 6.17. The maximum atomic E-state index is 11.9. The number of hydrogen-bond donors (Lipinski definition) is 1. The SMILES string of the molecule is CCCOc1ccccc1OCC(=O)OCC(=O)Nc1cc(C)cc(C)c1. The minimum atomic E-state index is -0.629. The first-order valence-electron chi connectivity index (χ1n) is 8.86. The van der Waals surface area contributed by atoms with Crippen LogP contribution < -0.4 is 14.8 Å². The molecule has 0 spiro atoms. The van der Waals surface area contributed by atoms with Crippen LogP contribution in [-0.4, -0.2) is 31.7 Å². The summed E-state index contributed by atoms with van der Waals surface area (Å²) < 4.78 is 16.0. The van der Waals surface area contributed by atoms with E-state index in [0.29, 0.717) is 23.8 Å². The van der Waals surface area contributed by atoms with E-state index < -0.39 is 11.9 Å². The largest absolute Gasteiger partial charge is 0.490 e. The Labute approximate surface area is 159 Å². The molecule has 2 aromatic carbocycles. The van der Waals surface area contributed by atoms with Crippen molar-refractivity contribution in [2.45, 2.75) is 27.2 Å². The van der Waals surface area contributed by atoms with Crippen molar-refractivity contribution in [3.63, 3.8) is 0 Å². The number of hydrogen-bond acceptors (Lipinski definition) is 5. The Kier molecular flexibility index (Phi) is 7.67. The predicted octanol–water partition coefficient (Wildman–Crippen LogP) is 3.65. The van der Waals surface area contributed by atoms with Gasteiger partial charge in [0.2, 0.25) is 0 Å². The first kappa shape index (κ1) is 20.3. The Hall–Kier alpha value is -3.02. The van der Waals surface area contributed by atoms with Gasteiger partial charge in [0.25, 0.3) is 5.91 Å². The van der Waals surface area contributed by atoms with Crippen LogP contribution in [0.15, 0.2) is 42.5 Å². The molecule has 2 rings (SSSR count). The molecule has 0 aliphatic carbocycles. The van der Waals surface area contributed by atoms with E-state index in [4.69, 9.17) is 14.2 Å². The number of nitrogens with one attached hydrogen (secondary N) is 1. The zero-order valence-corrected chi connectivity index (χ0v) is 15.9. The summed E-state index contributed by atoms with van der Waals surface area (Å²) in [6, 6.07) is 12.8. The van der Waals surface area contributed by atoms with E-state index in [1.807, 2.05) is 45.0 Å². The van der Waals surface area contributed by atoms with Gasteiger partial charge in [0, 0.05) is 5.69 Å². The monoisotopic (exact) mass is 371 g/mol. The van der Waals surface area contributed by atoms with Gasteiger partial charge in [-0.2, -0.15) is 0 Å². The van der Waals surface area contributed by atoms with Crippen LogP contribution in [-0.2, 0) is 14.3 Å². The summed E-state index contributed by atoms with van der Waals surface area (Å²) in [7, 11) is 0. The van der Waals surface area contributed by atoms with Crippen molar-refractivity contribution in [1.29, 1.82) is 0 Å². The minimum Gasteiger partial charge on any atom is -0.490 e. The van der Waals surface area contributed by atoms with Gasteiger partial charge in [0.05, 0.1) is 6.61 Å². The number of esters is 1. The van der Waals surface area contributed by atoms with Gasteiger partial charge < -0.3 is 19.5 Å². The van der Waals surface area contributed by atoms with Crippen molar-refractivity contribution in [3.05, 3.63) is 53.6 Å². The normalized spacial score (nSPS) is 10.2. The average Bonchev–Trinajstić information content (AvgIpc) is 2.62. The summed E-state index contributed by atoms with van der Waals surface area (Å²) in [5.41, 5.74) is 2.76. The number of amides is 1. The number of benzene rings is 2. The van der Waals surface area contributed by atoms with E-state index >= 15 is 0 Å². The fourth-order valence-electron chi connectivity index (χ4n) is 2.47. The Bertz CT molecular complexity index is 768. The zero-order valence-electron chi connectivity index (χ0n) is 15.9. The van der Waals surface area contributed by atoms with E-state index in [0.717, 1.165) is 17.5 Å². The highest BCUT2D eigenvalue weighted by molar-refractivity contribution is 5.93. The van der Waals surface area contributed by atoms with Gasteiger partial charge in [-0.15, -0.1) is 0 Å². The molecule has 0 saturated heterocycles. The summed E-state index contributed by atoms with van der Waals surface area (Å²) in [6.45, 7) is 5.78. The number of carbonyl (C=O) groups is 2. The molecule has 1 amide bonds. The molecule has 0 aliphatic heterocycles. The maximum absolute atomic E-state index is 11.9.